The number of nitrogens with zero attached hydrogens (tertiary/aromatic N) is 3. The molecule has 27 heavy (non-hydrogen) atoms. The number of aromatic nitrogens is 1. The number of rotatable bonds is 5. The number of hydrogen-bond donors (Lipinski definition) is 3. The first-order valence-electron chi connectivity index (χ1n) is 8.65. The van der Waals surface area contributed by atoms with Crippen LogP contribution < -0.4 is 15.5 Å². The molecule has 1 aromatic heterocycles. The third kappa shape index (κ3) is 4.43. The molecule has 1 amide bonds. The monoisotopic (exact) mass is 371 g/mol. The van der Waals surface area contributed by atoms with E-state index >= 15 is 0 Å². The van der Waals surface area contributed by atoms with Crippen molar-refractivity contribution in [2.75, 3.05) is 23.3 Å². The number of carboxylic acid groups (broad SMARTS) is 1. The third-order valence-corrected chi connectivity index (χ3v) is 4.49. The van der Waals surface area contributed by atoms with E-state index in [0.29, 0.717) is 30.9 Å². The number of piperidine rings is 1. The Morgan fingerprint density at radius 2 is 2.07 bits per heavy atom. The Kier molecular flexibility index (Phi) is 5.39. The Bertz CT molecular complexity index is 840. The van der Waals surface area contributed by atoms with E-state index in [0.717, 1.165) is 12.0 Å². The highest BCUT2D eigenvalue weighted by Gasteiger charge is 2.29. The van der Waals surface area contributed by atoms with E-state index in [4.69, 9.17) is 5.11 Å². The molecule has 0 aliphatic carbocycles. The van der Waals surface area contributed by atoms with Gasteiger partial charge in [-0.2, -0.15) is 0 Å². The van der Waals surface area contributed by atoms with E-state index in [9.17, 15) is 14.9 Å². The molecule has 9 nitrogen and oxygen atoms in total. The quantitative estimate of drug-likeness (QED) is 0.545. The summed E-state index contributed by atoms with van der Waals surface area (Å²) in [6.45, 7) is 2.96. The first-order chi connectivity index (χ1) is 12.9. The van der Waals surface area contributed by atoms with Crippen LogP contribution in [-0.4, -0.2) is 40.2 Å². The van der Waals surface area contributed by atoms with Gasteiger partial charge < -0.3 is 20.6 Å². The smallest absolute Gasteiger partial charge is 0.404 e. The normalized spacial score (nSPS) is 16.6. The van der Waals surface area contributed by atoms with Gasteiger partial charge in [0.1, 0.15) is 5.69 Å². The van der Waals surface area contributed by atoms with Gasteiger partial charge in [-0.05, 0) is 38.0 Å². The van der Waals surface area contributed by atoms with Crippen LogP contribution in [0.2, 0.25) is 0 Å². The molecule has 1 aromatic carbocycles. The van der Waals surface area contributed by atoms with Gasteiger partial charge in [-0.1, -0.05) is 17.7 Å². The van der Waals surface area contributed by atoms with Crippen molar-refractivity contribution >= 4 is 29.0 Å². The summed E-state index contributed by atoms with van der Waals surface area (Å²) >= 11 is 0. The van der Waals surface area contributed by atoms with E-state index < -0.39 is 11.0 Å². The summed E-state index contributed by atoms with van der Waals surface area (Å²) in [6.07, 6.45) is 1.88. The van der Waals surface area contributed by atoms with Gasteiger partial charge in [-0.15, -0.1) is 0 Å². The Morgan fingerprint density at radius 1 is 1.33 bits per heavy atom. The number of anilines is 3. The molecule has 1 saturated heterocycles. The highest BCUT2D eigenvalue weighted by molar-refractivity contribution is 5.77. The van der Waals surface area contributed by atoms with Crippen LogP contribution in [0.15, 0.2) is 36.5 Å². The van der Waals surface area contributed by atoms with Crippen LogP contribution in [0.4, 0.5) is 27.7 Å². The van der Waals surface area contributed by atoms with Crippen LogP contribution in [0.25, 0.3) is 0 Å². The topological polar surface area (TPSA) is 121 Å². The number of nitrogens with one attached hydrogen (secondary N) is 2. The van der Waals surface area contributed by atoms with E-state index in [1.165, 1.54) is 6.20 Å². The zero-order chi connectivity index (χ0) is 19.4. The lowest BCUT2D eigenvalue weighted by atomic mass is 10.0. The standard InChI is InChI=1S/C18H21N5O4/c1-12-4-6-13(7-5-12)20-17-16(23(26)27)15(8-9-19-17)22-10-2-3-14(11-22)21-18(24)25/h4-9,14,21H,2-3,10-11H2,1H3,(H,19,20)(H,24,25). The second-order valence-corrected chi connectivity index (χ2v) is 6.51. The fourth-order valence-corrected chi connectivity index (χ4v) is 3.23. The third-order valence-electron chi connectivity index (χ3n) is 4.49. The van der Waals surface area contributed by atoms with Crippen LogP contribution in [0, 0.1) is 17.0 Å². The summed E-state index contributed by atoms with van der Waals surface area (Å²) in [7, 11) is 0. The predicted molar refractivity (Wildman–Crippen MR) is 102 cm³/mol. The zero-order valence-electron chi connectivity index (χ0n) is 14.9. The first-order valence-corrected chi connectivity index (χ1v) is 8.65. The highest BCUT2D eigenvalue weighted by Crippen LogP contribution is 2.36. The summed E-state index contributed by atoms with van der Waals surface area (Å²) < 4.78 is 0. The fraction of sp³-hybridized carbons (Fsp3) is 0.333. The van der Waals surface area contributed by atoms with E-state index in [1.54, 1.807) is 6.07 Å². The molecule has 1 atom stereocenters. The molecular formula is C18H21N5O4. The lowest BCUT2D eigenvalue weighted by molar-refractivity contribution is -0.383. The van der Waals surface area contributed by atoms with Crippen LogP contribution in [0.1, 0.15) is 18.4 Å². The first kappa shape index (κ1) is 18.4. The summed E-state index contributed by atoms with van der Waals surface area (Å²) in [5.41, 5.74) is 2.11. The van der Waals surface area contributed by atoms with Gasteiger partial charge in [0.15, 0.2) is 0 Å². The Labute approximate surface area is 156 Å². The van der Waals surface area contributed by atoms with Gasteiger partial charge in [0.2, 0.25) is 5.82 Å². The Hall–Kier alpha value is -3.36. The zero-order valence-corrected chi connectivity index (χ0v) is 14.9. The number of pyridine rings is 1. The van der Waals surface area contributed by atoms with Crippen molar-refractivity contribution in [2.24, 2.45) is 0 Å². The van der Waals surface area contributed by atoms with Gasteiger partial charge in [0.05, 0.1) is 4.92 Å². The van der Waals surface area contributed by atoms with Gasteiger partial charge in [0, 0.05) is 31.0 Å². The maximum atomic E-state index is 11.8. The molecule has 142 valence electrons. The van der Waals surface area contributed by atoms with Crippen molar-refractivity contribution in [2.45, 2.75) is 25.8 Å². The molecule has 1 fully saturated rings. The number of hydrogen-bond acceptors (Lipinski definition) is 6. The number of nitro groups is 1. The predicted octanol–water partition coefficient (Wildman–Crippen LogP) is 3.28. The van der Waals surface area contributed by atoms with Gasteiger partial charge in [-0.25, -0.2) is 9.78 Å². The molecule has 2 heterocycles. The second-order valence-electron chi connectivity index (χ2n) is 6.51. The van der Waals surface area contributed by atoms with Crippen molar-refractivity contribution in [1.82, 2.24) is 10.3 Å². The van der Waals surface area contributed by atoms with Crippen molar-refractivity contribution in [1.29, 1.82) is 0 Å². The largest absolute Gasteiger partial charge is 0.465 e. The van der Waals surface area contributed by atoms with Gasteiger partial charge in [0.25, 0.3) is 0 Å². The molecule has 0 radical (unpaired) electrons. The molecule has 0 spiro atoms. The van der Waals surface area contributed by atoms with Gasteiger partial charge in [-0.3, -0.25) is 10.1 Å². The molecule has 3 rings (SSSR count). The molecule has 1 aliphatic rings. The van der Waals surface area contributed by atoms with Crippen LogP contribution in [-0.2, 0) is 0 Å². The Morgan fingerprint density at radius 3 is 2.74 bits per heavy atom. The molecule has 9 heteroatoms. The second kappa shape index (κ2) is 7.90. The molecule has 3 N–H and O–H groups in total. The summed E-state index contributed by atoms with van der Waals surface area (Å²) in [5.74, 6) is 0.162. The molecule has 0 bridgehead atoms. The molecular weight excluding hydrogens is 350 g/mol. The number of amides is 1. The van der Waals surface area contributed by atoms with Crippen molar-refractivity contribution in [3.05, 3.63) is 52.2 Å². The SMILES string of the molecule is Cc1ccc(Nc2nccc(N3CCCC(NC(=O)O)C3)c2[N+](=O)[O-])cc1. The minimum atomic E-state index is -1.09. The molecule has 1 aliphatic heterocycles. The van der Waals surface area contributed by atoms with Crippen molar-refractivity contribution in [3.63, 3.8) is 0 Å². The number of benzene rings is 1. The lowest BCUT2D eigenvalue weighted by Crippen LogP contribution is -2.47. The number of aryl methyl sites for hydroxylation is 1. The molecule has 1 unspecified atom stereocenters. The van der Waals surface area contributed by atoms with E-state index in [1.807, 2.05) is 36.1 Å². The summed E-state index contributed by atoms with van der Waals surface area (Å²) in [6, 6.07) is 8.82. The molecule has 0 saturated carbocycles. The maximum absolute atomic E-state index is 11.8. The van der Waals surface area contributed by atoms with E-state index in [2.05, 4.69) is 15.6 Å². The summed E-state index contributed by atoms with van der Waals surface area (Å²) in [5, 5.41) is 26.2. The average Bonchev–Trinajstić information content (AvgIpc) is 2.63. The lowest BCUT2D eigenvalue weighted by Gasteiger charge is -2.33. The number of carbonyl (C=O) groups is 1. The van der Waals surface area contributed by atoms with Crippen LogP contribution in [0.5, 0.6) is 0 Å². The summed E-state index contributed by atoms with van der Waals surface area (Å²) in [4.78, 5) is 28.2. The maximum Gasteiger partial charge on any atom is 0.404 e. The van der Waals surface area contributed by atoms with E-state index in [-0.39, 0.29) is 17.5 Å². The fourth-order valence-electron chi connectivity index (χ4n) is 3.23. The average molecular weight is 371 g/mol. The van der Waals surface area contributed by atoms with Crippen molar-refractivity contribution < 1.29 is 14.8 Å². The van der Waals surface area contributed by atoms with Crippen molar-refractivity contribution in [3.8, 4) is 0 Å². The van der Waals surface area contributed by atoms with Crippen LogP contribution >= 0.6 is 0 Å². The van der Waals surface area contributed by atoms with Gasteiger partial charge >= 0.3 is 11.8 Å². The minimum Gasteiger partial charge on any atom is -0.465 e. The molecule has 2 aromatic rings. The minimum absolute atomic E-state index is 0.117. The highest BCUT2D eigenvalue weighted by atomic mass is 16.6. The van der Waals surface area contributed by atoms with Crippen LogP contribution in [0.3, 0.4) is 0 Å². The Balaban J connectivity index is 1.90.